The van der Waals surface area contributed by atoms with Crippen LogP contribution in [-0.4, -0.2) is 56.6 Å². The van der Waals surface area contributed by atoms with E-state index < -0.39 is 28.5 Å². The van der Waals surface area contributed by atoms with Crippen LogP contribution in [0.4, 0.5) is 5.69 Å². The molecule has 0 bridgehead atoms. The molecule has 8 nitrogen and oxygen atoms in total. The SMILES string of the molecule is CCOc1ccccc1N(CC(=O)N(Cc1cccc(Br)c1)[C@H](C)C(=O)NC1CCCC1)S(C)(=O)=O. The van der Waals surface area contributed by atoms with E-state index >= 15 is 0 Å². The van der Waals surface area contributed by atoms with Crippen molar-refractivity contribution in [1.29, 1.82) is 0 Å². The van der Waals surface area contributed by atoms with Gasteiger partial charge < -0.3 is 15.0 Å². The van der Waals surface area contributed by atoms with Gasteiger partial charge in [0.05, 0.1) is 18.6 Å². The second-order valence-electron chi connectivity index (χ2n) is 8.99. The molecule has 0 aromatic heterocycles. The first kappa shape index (κ1) is 28.0. The quantitative estimate of drug-likeness (QED) is 0.432. The molecule has 0 saturated heterocycles. The third-order valence-corrected chi connectivity index (χ3v) is 7.84. The summed E-state index contributed by atoms with van der Waals surface area (Å²) in [4.78, 5) is 28.3. The number of nitrogens with zero attached hydrogens (tertiary/aromatic N) is 2. The maximum Gasteiger partial charge on any atom is 0.244 e. The number of amides is 2. The largest absolute Gasteiger partial charge is 0.492 e. The van der Waals surface area contributed by atoms with Crippen LogP contribution in [0.2, 0.25) is 0 Å². The van der Waals surface area contributed by atoms with Crippen LogP contribution in [-0.2, 0) is 26.2 Å². The summed E-state index contributed by atoms with van der Waals surface area (Å²) >= 11 is 3.45. The molecule has 1 atom stereocenters. The molecule has 0 radical (unpaired) electrons. The van der Waals surface area contributed by atoms with E-state index in [1.807, 2.05) is 24.3 Å². The molecule has 1 aliphatic rings. The summed E-state index contributed by atoms with van der Waals surface area (Å²) < 4.78 is 33.1. The lowest BCUT2D eigenvalue weighted by molar-refractivity contribution is -0.139. The highest BCUT2D eigenvalue weighted by Crippen LogP contribution is 2.30. The minimum atomic E-state index is -3.83. The van der Waals surface area contributed by atoms with Crippen LogP contribution in [0.15, 0.2) is 53.0 Å². The number of rotatable bonds is 11. The summed E-state index contributed by atoms with van der Waals surface area (Å²) in [5.41, 5.74) is 1.10. The van der Waals surface area contributed by atoms with Crippen LogP contribution < -0.4 is 14.4 Å². The summed E-state index contributed by atoms with van der Waals surface area (Å²) in [5.74, 6) is -0.365. The van der Waals surface area contributed by atoms with E-state index in [4.69, 9.17) is 4.74 Å². The summed E-state index contributed by atoms with van der Waals surface area (Å²) in [6, 6.07) is 13.5. The van der Waals surface area contributed by atoms with Crippen LogP contribution in [0.5, 0.6) is 5.75 Å². The number of carbonyl (C=O) groups excluding carboxylic acids is 2. The fourth-order valence-electron chi connectivity index (χ4n) is 4.34. The number of nitrogens with one attached hydrogen (secondary N) is 1. The van der Waals surface area contributed by atoms with Gasteiger partial charge in [0, 0.05) is 17.1 Å². The van der Waals surface area contributed by atoms with Crippen LogP contribution in [0.3, 0.4) is 0 Å². The normalized spacial score (nSPS) is 14.8. The van der Waals surface area contributed by atoms with Crippen molar-refractivity contribution in [2.45, 2.75) is 58.2 Å². The lowest BCUT2D eigenvalue weighted by Crippen LogP contribution is -2.52. The van der Waals surface area contributed by atoms with Crippen molar-refractivity contribution in [2.24, 2.45) is 0 Å². The van der Waals surface area contributed by atoms with E-state index in [-0.39, 0.29) is 24.2 Å². The van der Waals surface area contributed by atoms with E-state index in [0.717, 1.165) is 46.3 Å². The number of carbonyl (C=O) groups is 2. The number of benzene rings is 2. The molecule has 1 aliphatic carbocycles. The fraction of sp³-hybridized carbons (Fsp3) is 0.462. The van der Waals surface area contributed by atoms with Gasteiger partial charge >= 0.3 is 0 Å². The van der Waals surface area contributed by atoms with Crippen molar-refractivity contribution in [3.63, 3.8) is 0 Å². The van der Waals surface area contributed by atoms with Crippen molar-refractivity contribution in [3.05, 3.63) is 58.6 Å². The molecule has 10 heteroatoms. The number of anilines is 1. The Balaban J connectivity index is 1.91. The Hall–Kier alpha value is -2.59. The lowest BCUT2D eigenvalue weighted by atomic mass is 10.1. The van der Waals surface area contributed by atoms with Gasteiger partial charge in [-0.1, -0.05) is 53.0 Å². The molecule has 0 spiro atoms. The number of hydrogen-bond acceptors (Lipinski definition) is 5. The van der Waals surface area contributed by atoms with Gasteiger partial charge in [-0.05, 0) is 56.5 Å². The first-order valence-electron chi connectivity index (χ1n) is 12.1. The molecule has 1 saturated carbocycles. The van der Waals surface area contributed by atoms with Gasteiger partial charge in [-0.3, -0.25) is 13.9 Å². The Morgan fingerprint density at radius 1 is 1.14 bits per heavy atom. The van der Waals surface area contributed by atoms with Gasteiger partial charge in [0.15, 0.2) is 0 Å². The molecule has 3 rings (SSSR count). The molecule has 196 valence electrons. The van der Waals surface area contributed by atoms with Crippen molar-refractivity contribution in [3.8, 4) is 5.75 Å². The zero-order valence-corrected chi connectivity index (χ0v) is 23.3. The molecule has 0 aliphatic heterocycles. The maximum atomic E-state index is 13.7. The highest BCUT2D eigenvalue weighted by molar-refractivity contribution is 9.10. The van der Waals surface area contributed by atoms with Gasteiger partial charge in [0.25, 0.3) is 0 Å². The van der Waals surface area contributed by atoms with Crippen LogP contribution in [0.1, 0.15) is 45.1 Å². The molecule has 2 aromatic rings. The Morgan fingerprint density at radius 2 is 1.83 bits per heavy atom. The predicted octanol–water partition coefficient (Wildman–Crippen LogP) is 4.09. The van der Waals surface area contributed by atoms with Crippen LogP contribution in [0.25, 0.3) is 0 Å². The fourth-order valence-corrected chi connectivity index (χ4v) is 5.64. The molecule has 1 N–H and O–H groups in total. The van der Waals surface area contributed by atoms with Crippen LogP contribution in [0, 0.1) is 0 Å². The molecule has 0 unspecified atom stereocenters. The first-order chi connectivity index (χ1) is 17.1. The zero-order chi connectivity index (χ0) is 26.3. The molecule has 2 aromatic carbocycles. The van der Waals surface area contributed by atoms with Crippen molar-refractivity contribution >= 4 is 43.5 Å². The third kappa shape index (κ3) is 7.46. The van der Waals surface area contributed by atoms with E-state index in [9.17, 15) is 18.0 Å². The predicted molar refractivity (Wildman–Crippen MR) is 144 cm³/mol. The second kappa shape index (κ2) is 12.6. The minimum Gasteiger partial charge on any atom is -0.492 e. The Kier molecular flexibility index (Phi) is 9.78. The number of hydrogen-bond donors (Lipinski definition) is 1. The van der Waals surface area contributed by atoms with Crippen LogP contribution >= 0.6 is 15.9 Å². The molecular formula is C26H34BrN3O5S. The van der Waals surface area contributed by atoms with Crippen molar-refractivity contribution in [2.75, 3.05) is 23.7 Å². The summed E-state index contributed by atoms with van der Waals surface area (Å²) in [6.07, 6.45) is 5.05. The summed E-state index contributed by atoms with van der Waals surface area (Å²) in [5, 5.41) is 3.06. The summed E-state index contributed by atoms with van der Waals surface area (Å²) in [6.45, 7) is 3.52. The number of ether oxygens (including phenoxy) is 1. The Bertz CT molecular complexity index is 1170. The van der Waals surface area contributed by atoms with E-state index in [1.54, 1.807) is 38.1 Å². The van der Waals surface area contributed by atoms with E-state index in [2.05, 4.69) is 21.2 Å². The van der Waals surface area contributed by atoms with Crippen molar-refractivity contribution < 1.29 is 22.7 Å². The average Bonchev–Trinajstić information content (AvgIpc) is 3.33. The first-order valence-corrected chi connectivity index (χ1v) is 14.8. The molecular weight excluding hydrogens is 546 g/mol. The monoisotopic (exact) mass is 579 g/mol. The maximum absolute atomic E-state index is 13.7. The molecule has 2 amide bonds. The van der Waals surface area contributed by atoms with E-state index in [1.165, 1.54) is 4.90 Å². The third-order valence-electron chi connectivity index (χ3n) is 6.22. The van der Waals surface area contributed by atoms with Crippen molar-refractivity contribution in [1.82, 2.24) is 10.2 Å². The van der Waals surface area contributed by atoms with Gasteiger partial charge in [0.1, 0.15) is 18.3 Å². The van der Waals surface area contributed by atoms with Gasteiger partial charge in [0.2, 0.25) is 21.8 Å². The Morgan fingerprint density at radius 3 is 2.47 bits per heavy atom. The highest BCUT2D eigenvalue weighted by Gasteiger charge is 2.32. The molecule has 36 heavy (non-hydrogen) atoms. The Labute approximate surface area is 222 Å². The summed E-state index contributed by atoms with van der Waals surface area (Å²) in [7, 11) is -3.83. The van der Waals surface area contributed by atoms with Gasteiger partial charge in [-0.2, -0.15) is 0 Å². The average molecular weight is 581 g/mol. The molecule has 0 heterocycles. The smallest absolute Gasteiger partial charge is 0.244 e. The van der Waals surface area contributed by atoms with Gasteiger partial charge in [-0.25, -0.2) is 8.42 Å². The van der Waals surface area contributed by atoms with E-state index in [0.29, 0.717) is 12.4 Å². The second-order valence-corrected chi connectivity index (χ2v) is 11.8. The number of sulfonamides is 1. The molecule has 1 fully saturated rings. The topological polar surface area (TPSA) is 96.0 Å². The number of para-hydroxylation sites is 2. The standard InChI is InChI=1S/C26H34BrN3O5S/c1-4-35-24-15-8-7-14-23(24)30(36(3,33)34)18-25(31)29(17-20-10-9-11-21(27)16-20)19(2)26(32)28-22-12-5-6-13-22/h7-11,14-16,19,22H,4-6,12-13,17-18H2,1-3H3,(H,28,32)/t19-/m1/s1. The minimum absolute atomic E-state index is 0.105. The number of halogens is 1. The zero-order valence-electron chi connectivity index (χ0n) is 20.9. The highest BCUT2D eigenvalue weighted by atomic mass is 79.9. The lowest BCUT2D eigenvalue weighted by Gasteiger charge is -2.32. The van der Waals surface area contributed by atoms with Gasteiger partial charge in [-0.15, -0.1) is 0 Å².